The molecule has 1 aliphatic rings. The minimum Gasteiger partial charge on any atom is -0.492 e. The summed E-state index contributed by atoms with van der Waals surface area (Å²) in [6, 6.07) is 13.1. The number of thiazole rings is 1. The molecule has 0 fully saturated rings. The Bertz CT molecular complexity index is 1070. The number of aromatic nitrogens is 3. The molecule has 1 unspecified atom stereocenters. The van der Waals surface area contributed by atoms with Crippen LogP contribution in [0.25, 0.3) is 4.96 Å². The quantitative estimate of drug-likeness (QED) is 0.572. The molecule has 3 aromatic heterocycles. The van der Waals surface area contributed by atoms with Crippen molar-refractivity contribution in [3.8, 4) is 5.88 Å². The van der Waals surface area contributed by atoms with Crippen LogP contribution in [0.5, 0.6) is 5.88 Å². The second kappa shape index (κ2) is 6.19. The van der Waals surface area contributed by atoms with E-state index in [1.165, 1.54) is 20.9 Å². The van der Waals surface area contributed by atoms with Crippen molar-refractivity contribution in [1.29, 1.82) is 0 Å². The first-order valence-corrected chi connectivity index (χ1v) is 10.4. The van der Waals surface area contributed by atoms with Crippen molar-refractivity contribution < 1.29 is 10.0 Å². The lowest BCUT2D eigenvalue weighted by Gasteiger charge is -2.31. The molecule has 0 saturated heterocycles. The van der Waals surface area contributed by atoms with E-state index >= 15 is 0 Å². The summed E-state index contributed by atoms with van der Waals surface area (Å²) in [5, 5.41) is 17.3. The van der Waals surface area contributed by atoms with Crippen molar-refractivity contribution in [2.45, 2.75) is 25.9 Å². The molecule has 1 aliphatic heterocycles. The molecule has 0 radical (unpaired) electrons. The van der Waals surface area contributed by atoms with Crippen LogP contribution < -0.4 is 4.90 Å². The Morgan fingerprint density at radius 2 is 2.04 bits per heavy atom. The molecule has 0 amide bonds. The summed E-state index contributed by atoms with van der Waals surface area (Å²) < 4.78 is 1.58. The fraction of sp³-hybridized carbons (Fsp3) is 0.263. The molecule has 5 nitrogen and oxygen atoms in total. The van der Waals surface area contributed by atoms with Crippen molar-refractivity contribution in [3.05, 3.63) is 68.5 Å². The summed E-state index contributed by atoms with van der Waals surface area (Å²) in [5.74, 6) is 0.917. The zero-order valence-electron chi connectivity index (χ0n) is 14.3. The van der Waals surface area contributed by atoms with Crippen LogP contribution in [-0.2, 0) is 13.0 Å². The summed E-state index contributed by atoms with van der Waals surface area (Å²) in [6.45, 7) is 3.86. The molecular weight excluding hydrogens is 364 g/mol. The van der Waals surface area contributed by atoms with Gasteiger partial charge in [-0.2, -0.15) is 4.52 Å². The number of aromatic hydroxyl groups is 1. The lowest BCUT2D eigenvalue weighted by Crippen LogP contribution is -3.12. The van der Waals surface area contributed by atoms with Gasteiger partial charge in [-0.15, -0.1) is 16.4 Å². The van der Waals surface area contributed by atoms with Gasteiger partial charge in [-0.25, -0.2) is 4.98 Å². The van der Waals surface area contributed by atoms with E-state index in [2.05, 4.69) is 51.9 Å². The van der Waals surface area contributed by atoms with Gasteiger partial charge in [0.1, 0.15) is 17.2 Å². The number of quaternary nitrogens is 1. The van der Waals surface area contributed by atoms with Crippen LogP contribution in [0.15, 0.2) is 41.8 Å². The highest BCUT2D eigenvalue weighted by Crippen LogP contribution is 2.36. The SMILES string of the molecule is Cc1nc2sc([C@@H](c3cccs3)[NH+]3CCc4ccccc4C3)c(O)n2n1. The molecule has 0 aliphatic carbocycles. The maximum atomic E-state index is 10.9. The summed E-state index contributed by atoms with van der Waals surface area (Å²) in [4.78, 5) is 8.89. The number of rotatable bonds is 3. The number of nitrogens with zero attached hydrogens (tertiary/aromatic N) is 3. The van der Waals surface area contributed by atoms with Crippen molar-refractivity contribution in [1.82, 2.24) is 14.6 Å². The predicted octanol–water partition coefficient (Wildman–Crippen LogP) is 2.60. The van der Waals surface area contributed by atoms with Crippen LogP contribution in [0.2, 0.25) is 0 Å². The Hall–Kier alpha value is -2.22. The highest BCUT2D eigenvalue weighted by molar-refractivity contribution is 7.17. The Kier molecular flexibility index (Phi) is 3.81. The van der Waals surface area contributed by atoms with Gasteiger partial charge in [0, 0.05) is 12.0 Å². The van der Waals surface area contributed by atoms with Gasteiger partial charge in [0.05, 0.1) is 11.4 Å². The van der Waals surface area contributed by atoms with Gasteiger partial charge in [-0.1, -0.05) is 41.7 Å². The molecule has 0 spiro atoms. The molecule has 1 aromatic carbocycles. The molecule has 5 rings (SSSR count). The molecule has 2 N–H and O–H groups in total. The fourth-order valence-electron chi connectivity index (χ4n) is 3.86. The number of aryl methyl sites for hydroxylation is 1. The third-order valence-electron chi connectivity index (χ3n) is 5.06. The Labute approximate surface area is 159 Å². The highest BCUT2D eigenvalue weighted by Gasteiger charge is 2.35. The zero-order chi connectivity index (χ0) is 17.7. The first kappa shape index (κ1) is 16.0. The van der Waals surface area contributed by atoms with E-state index in [-0.39, 0.29) is 11.9 Å². The lowest BCUT2D eigenvalue weighted by molar-refractivity contribution is -0.940. The number of hydrogen-bond donors (Lipinski definition) is 2. The van der Waals surface area contributed by atoms with E-state index in [0.717, 1.165) is 29.3 Å². The predicted molar refractivity (Wildman–Crippen MR) is 103 cm³/mol. The van der Waals surface area contributed by atoms with E-state index in [1.54, 1.807) is 27.2 Å². The molecule has 2 atom stereocenters. The topological polar surface area (TPSA) is 54.9 Å². The van der Waals surface area contributed by atoms with Crippen LogP contribution in [0.1, 0.15) is 32.7 Å². The highest BCUT2D eigenvalue weighted by atomic mass is 32.1. The summed E-state index contributed by atoms with van der Waals surface area (Å²) in [5.41, 5.74) is 2.86. The molecule has 26 heavy (non-hydrogen) atoms. The van der Waals surface area contributed by atoms with Gasteiger partial charge in [-0.3, -0.25) is 0 Å². The zero-order valence-corrected chi connectivity index (χ0v) is 16.0. The summed E-state index contributed by atoms with van der Waals surface area (Å²) in [6.07, 6.45) is 1.06. The second-order valence-electron chi connectivity index (χ2n) is 6.70. The van der Waals surface area contributed by atoms with Crippen molar-refractivity contribution >= 4 is 27.6 Å². The minimum absolute atomic E-state index is 0.108. The van der Waals surface area contributed by atoms with Crippen LogP contribution >= 0.6 is 22.7 Å². The van der Waals surface area contributed by atoms with E-state index < -0.39 is 0 Å². The van der Waals surface area contributed by atoms with Gasteiger partial charge in [0.2, 0.25) is 10.8 Å². The van der Waals surface area contributed by atoms with Gasteiger partial charge >= 0.3 is 0 Å². The monoisotopic (exact) mass is 383 g/mol. The normalized spacial score (nSPS) is 18.1. The van der Waals surface area contributed by atoms with Crippen molar-refractivity contribution in [2.75, 3.05) is 6.54 Å². The number of thiophene rings is 1. The maximum absolute atomic E-state index is 10.9. The van der Waals surface area contributed by atoms with Crippen LogP contribution in [0.3, 0.4) is 0 Å². The first-order valence-electron chi connectivity index (χ1n) is 8.70. The average Bonchev–Trinajstić information content (AvgIpc) is 3.36. The Balaban J connectivity index is 1.60. The van der Waals surface area contributed by atoms with Crippen molar-refractivity contribution in [2.24, 2.45) is 0 Å². The summed E-state index contributed by atoms with van der Waals surface area (Å²) in [7, 11) is 0. The van der Waals surface area contributed by atoms with Gasteiger partial charge in [0.25, 0.3) is 0 Å². The largest absolute Gasteiger partial charge is 0.492 e. The number of nitrogens with one attached hydrogen (secondary N) is 1. The summed E-state index contributed by atoms with van der Waals surface area (Å²) >= 11 is 3.30. The van der Waals surface area contributed by atoms with E-state index in [9.17, 15) is 5.11 Å². The Morgan fingerprint density at radius 1 is 1.19 bits per heavy atom. The van der Waals surface area contributed by atoms with Crippen LogP contribution in [0, 0.1) is 6.92 Å². The first-order chi connectivity index (χ1) is 12.7. The molecule has 0 bridgehead atoms. The average molecular weight is 384 g/mol. The van der Waals surface area contributed by atoms with Crippen molar-refractivity contribution in [3.63, 3.8) is 0 Å². The Morgan fingerprint density at radius 3 is 2.81 bits per heavy atom. The molecule has 0 saturated carbocycles. The molecule has 4 aromatic rings. The number of benzene rings is 1. The standard InChI is InChI=1S/C19H18N4OS2/c1-12-20-19-23(21-12)18(24)17(26-19)16(15-7-4-10-25-15)22-9-8-13-5-2-3-6-14(13)11-22/h2-7,10,16,24H,8-9,11H2,1H3/p+1/t16-/m1/s1. The minimum atomic E-state index is 0.108. The van der Waals surface area contributed by atoms with Crippen LogP contribution in [-0.4, -0.2) is 26.2 Å². The van der Waals surface area contributed by atoms with E-state index in [0.29, 0.717) is 5.82 Å². The number of fused-ring (bicyclic) bond motifs is 2. The number of hydrogen-bond acceptors (Lipinski definition) is 5. The van der Waals surface area contributed by atoms with E-state index in [4.69, 9.17) is 0 Å². The third kappa shape index (κ3) is 2.55. The fourth-order valence-corrected chi connectivity index (χ4v) is 6.00. The molecule has 132 valence electrons. The maximum Gasteiger partial charge on any atom is 0.235 e. The molecule has 4 heterocycles. The third-order valence-corrected chi connectivity index (χ3v) is 7.08. The van der Waals surface area contributed by atoms with Gasteiger partial charge in [0.15, 0.2) is 6.04 Å². The molecular formula is C19H19N4OS2+. The van der Waals surface area contributed by atoms with E-state index in [1.807, 2.05) is 6.92 Å². The molecule has 7 heteroatoms. The smallest absolute Gasteiger partial charge is 0.235 e. The van der Waals surface area contributed by atoms with Gasteiger partial charge < -0.3 is 10.0 Å². The van der Waals surface area contributed by atoms with Crippen LogP contribution in [0.4, 0.5) is 0 Å². The lowest BCUT2D eigenvalue weighted by atomic mass is 9.98. The van der Waals surface area contributed by atoms with Gasteiger partial charge in [-0.05, 0) is 23.9 Å². The second-order valence-corrected chi connectivity index (χ2v) is 8.68.